The van der Waals surface area contributed by atoms with Gasteiger partial charge in [-0.3, -0.25) is 0 Å². The zero-order valence-electron chi connectivity index (χ0n) is 16.2. The molecule has 1 atom stereocenters. The van der Waals surface area contributed by atoms with Gasteiger partial charge in [0, 0.05) is 31.7 Å². The molecular formula is C21H26N4O3. The van der Waals surface area contributed by atoms with Crippen LogP contribution in [0.15, 0.2) is 28.8 Å². The van der Waals surface area contributed by atoms with Crippen LogP contribution in [0.2, 0.25) is 0 Å². The minimum Gasteiger partial charge on any atom is -0.376 e. The van der Waals surface area contributed by atoms with Crippen molar-refractivity contribution in [2.75, 3.05) is 26.2 Å². The standard InChI is InChI=1S/C21H26N4O3/c1-3-13-25(15-18-6-5-14-27-18)21(26)22-12-11-16-7-9-17(10-8-16)20-23-19(4-2)24-28-20/h1,7-10,18H,4-6,11-15H2,2H3,(H,22,26)/t18-/m0/s1. The number of urea groups is 1. The fourth-order valence-electron chi connectivity index (χ4n) is 3.12. The zero-order chi connectivity index (χ0) is 19.8. The van der Waals surface area contributed by atoms with E-state index in [1.54, 1.807) is 4.90 Å². The van der Waals surface area contributed by atoms with Crippen LogP contribution in [0.1, 0.15) is 31.2 Å². The topological polar surface area (TPSA) is 80.5 Å². The minimum atomic E-state index is -0.150. The second kappa shape index (κ2) is 9.90. The number of hydrogen-bond donors (Lipinski definition) is 1. The summed E-state index contributed by atoms with van der Waals surface area (Å²) in [6.07, 6.45) is 8.96. The Bertz CT molecular complexity index is 804. The molecule has 148 valence electrons. The van der Waals surface area contributed by atoms with Crippen molar-refractivity contribution < 1.29 is 14.1 Å². The monoisotopic (exact) mass is 382 g/mol. The van der Waals surface area contributed by atoms with Crippen molar-refractivity contribution in [2.45, 2.75) is 38.7 Å². The number of aromatic nitrogens is 2. The lowest BCUT2D eigenvalue weighted by Gasteiger charge is -2.23. The molecule has 1 fully saturated rings. The van der Waals surface area contributed by atoms with Gasteiger partial charge in [0.25, 0.3) is 5.89 Å². The molecule has 1 aromatic carbocycles. The van der Waals surface area contributed by atoms with E-state index in [0.717, 1.165) is 43.4 Å². The van der Waals surface area contributed by atoms with Crippen LogP contribution < -0.4 is 5.32 Å². The number of nitrogens with one attached hydrogen (secondary N) is 1. The molecule has 0 radical (unpaired) electrons. The molecule has 1 N–H and O–H groups in total. The van der Waals surface area contributed by atoms with Crippen molar-refractivity contribution in [2.24, 2.45) is 0 Å². The van der Waals surface area contributed by atoms with Gasteiger partial charge >= 0.3 is 6.03 Å². The van der Waals surface area contributed by atoms with Gasteiger partial charge in [-0.25, -0.2) is 4.79 Å². The summed E-state index contributed by atoms with van der Waals surface area (Å²) in [6.45, 7) is 4.09. The number of aryl methyl sites for hydroxylation is 1. The largest absolute Gasteiger partial charge is 0.376 e. The first kappa shape index (κ1) is 19.9. The van der Waals surface area contributed by atoms with Gasteiger partial charge in [0.05, 0.1) is 12.6 Å². The minimum absolute atomic E-state index is 0.0876. The van der Waals surface area contributed by atoms with Gasteiger partial charge in [-0.2, -0.15) is 4.98 Å². The molecule has 0 spiro atoms. The number of amides is 2. The van der Waals surface area contributed by atoms with Gasteiger partial charge in [0.15, 0.2) is 5.82 Å². The van der Waals surface area contributed by atoms with E-state index in [2.05, 4.69) is 21.4 Å². The molecular weight excluding hydrogens is 356 g/mol. The first-order valence-electron chi connectivity index (χ1n) is 9.69. The van der Waals surface area contributed by atoms with Crippen LogP contribution >= 0.6 is 0 Å². The molecule has 28 heavy (non-hydrogen) atoms. The third kappa shape index (κ3) is 5.33. The average Bonchev–Trinajstić information content (AvgIpc) is 3.40. The van der Waals surface area contributed by atoms with E-state index in [1.165, 1.54) is 0 Å². The molecule has 1 aromatic heterocycles. The predicted molar refractivity (Wildman–Crippen MR) is 106 cm³/mol. The zero-order valence-corrected chi connectivity index (χ0v) is 16.2. The predicted octanol–water partition coefficient (Wildman–Crippen LogP) is 2.67. The number of nitrogens with zero attached hydrogens (tertiary/aromatic N) is 3. The van der Waals surface area contributed by atoms with Crippen LogP contribution in [0.25, 0.3) is 11.5 Å². The SMILES string of the molecule is C#CCN(C[C@@H]1CCCO1)C(=O)NCCc1ccc(-c2nc(CC)no2)cc1. The van der Waals surface area contributed by atoms with Crippen LogP contribution in [0.5, 0.6) is 0 Å². The van der Waals surface area contributed by atoms with Gasteiger partial charge in [-0.1, -0.05) is 30.1 Å². The van der Waals surface area contributed by atoms with Crippen LogP contribution in [0, 0.1) is 12.3 Å². The summed E-state index contributed by atoms with van der Waals surface area (Å²) in [5.74, 6) is 3.77. The third-order valence-electron chi connectivity index (χ3n) is 4.69. The average molecular weight is 382 g/mol. The van der Waals surface area contributed by atoms with E-state index in [4.69, 9.17) is 15.7 Å². The lowest BCUT2D eigenvalue weighted by Crippen LogP contribution is -2.44. The van der Waals surface area contributed by atoms with E-state index in [1.807, 2.05) is 31.2 Å². The second-order valence-electron chi connectivity index (χ2n) is 6.77. The number of rotatable bonds is 8. The maximum absolute atomic E-state index is 12.4. The lowest BCUT2D eigenvalue weighted by atomic mass is 10.1. The molecule has 0 saturated carbocycles. The number of ether oxygens (including phenoxy) is 1. The molecule has 1 saturated heterocycles. The molecule has 7 heteroatoms. The Hall–Kier alpha value is -2.85. The maximum atomic E-state index is 12.4. The number of carbonyl (C=O) groups is 1. The quantitative estimate of drug-likeness (QED) is 0.710. The Balaban J connectivity index is 1.47. The number of hydrogen-bond acceptors (Lipinski definition) is 5. The highest BCUT2D eigenvalue weighted by Crippen LogP contribution is 2.18. The van der Waals surface area contributed by atoms with Gasteiger partial charge < -0.3 is 19.5 Å². The van der Waals surface area contributed by atoms with Crippen molar-refractivity contribution in [1.82, 2.24) is 20.4 Å². The summed E-state index contributed by atoms with van der Waals surface area (Å²) in [5.41, 5.74) is 2.00. The van der Waals surface area contributed by atoms with E-state index >= 15 is 0 Å². The first-order chi connectivity index (χ1) is 13.7. The smallest absolute Gasteiger partial charge is 0.318 e. The molecule has 2 aromatic rings. The summed E-state index contributed by atoms with van der Waals surface area (Å²) in [6, 6.07) is 7.76. The highest BCUT2D eigenvalue weighted by molar-refractivity contribution is 5.74. The molecule has 0 aliphatic carbocycles. The van der Waals surface area contributed by atoms with Gasteiger partial charge in [-0.05, 0) is 37.0 Å². The highest BCUT2D eigenvalue weighted by atomic mass is 16.5. The van der Waals surface area contributed by atoms with Crippen LogP contribution in [0.3, 0.4) is 0 Å². The van der Waals surface area contributed by atoms with Gasteiger partial charge in [0.2, 0.25) is 0 Å². The molecule has 0 unspecified atom stereocenters. The molecule has 2 amide bonds. The second-order valence-corrected chi connectivity index (χ2v) is 6.77. The molecule has 1 aliphatic rings. The van der Waals surface area contributed by atoms with Crippen LogP contribution in [-0.2, 0) is 17.6 Å². The van der Waals surface area contributed by atoms with Crippen molar-refractivity contribution in [1.29, 1.82) is 0 Å². The van der Waals surface area contributed by atoms with Crippen molar-refractivity contribution in [3.05, 3.63) is 35.7 Å². The Morgan fingerprint density at radius 3 is 2.86 bits per heavy atom. The fourth-order valence-corrected chi connectivity index (χ4v) is 3.12. The molecule has 0 bridgehead atoms. The van der Waals surface area contributed by atoms with Gasteiger partial charge in [0.1, 0.15) is 0 Å². The van der Waals surface area contributed by atoms with Gasteiger partial charge in [-0.15, -0.1) is 6.42 Å². The Morgan fingerprint density at radius 1 is 1.39 bits per heavy atom. The summed E-state index contributed by atoms with van der Waals surface area (Å²) < 4.78 is 10.9. The summed E-state index contributed by atoms with van der Waals surface area (Å²) in [4.78, 5) is 18.4. The maximum Gasteiger partial charge on any atom is 0.318 e. The summed E-state index contributed by atoms with van der Waals surface area (Å²) in [7, 11) is 0. The number of benzene rings is 1. The van der Waals surface area contributed by atoms with E-state index in [9.17, 15) is 4.79 Å². The fraction of sp³-hybridized carbons (Fsp3) is 0.476. The Kier molecular flexibility index (Phi) is 7.04. The normalized spacial score (nSPS) is 15.9. The summed E-state index contributed by atoms with van der Waals surface area (Å²) >= 11 is 0. The molecule has 1 aliphatic heterocycles. The van der Waals surface area contributed by atoms with E-state index in [0.29, 0.717) is 24.8 Å². The molecule has 7 nitrogen and oxygen atoms in total. The Morgan fingerprint density at radius 2 is 2.21 bits per heavy atom. The van der Waals surface area contributed by atoms with Crippen molar-refractivity contribution >= 4 is 6.03 Å². The van der Waals surface area contributed by atoms with Crippen LogP contribution in [-0.4, -0.2) is 53.4 Å². The molecule has 3 rings (SSSR count). The third-order valence-corrected chi connectivity index (χ3v) is 4.69. The van der Waals surface area contributed by atoms with E-state index < -0.39 is 0 Å². The first-order valence-corrected chi connectivity index (χ1v) is 9.69. The number of terminal acetylenes is 1. The summed E-state index contributed by atoms with van der Waals surface area (Å²) in [5, 5.41) is 6.85. The van der Waals surface area contributed by atoms with Crippen molar-refractivity contribution in [3.63, 3.8) is 0 Å². The van der Waals surface area contributed by atoms with Crippen molar-refractivity contribution in [3.8, 4) is 23.8 Å². The number of carbonyl (C=O) groups excluding carboxylic acids is 1. The lowest BCUT2D eigenvalue weighted by molar-refractivity contribution is 0.0846. The molecule has 2 heterocycles. The Labute approximate surface area is 165 Å². The van der Waals surface area contributed by atoms with Crippen LogP contribution in [0.4, 0.5) is 4.79 Å². The highest BCUT2D eigenvalue weighted by Gasteiger charge is 2.21. The van der Waals surface area contributed by atoms with E-state index in [-0.39, 0.29) is 18.7 Å².